The van der Waals surface area contributed by atoms with Crippen molar-refractivity contribution >= 4 is 39.0 Å². The monoisotopic (exact) mass is 451 g/mol. The van der Waals surface area contributed by atoms with E-state index in [1.54, 1.807) is 37.3 Å². The second kappa shape index (κ2) is 7.62. The molecule has 0 bridgehead atoms. The Morgan fingerprint density at radius 3 is 2.65 bits per heavy atom. The van der Waals surface area contributed by atoms with E-state index in [-0.39, 0.29) is 0 Å². The molecular formula is C18H18BrN3O2S2. The standard InChI is InChI=1S/C18H18BrN3O2S2/c1-23-14-8-11(13(19)9-15(14)24-2)10-26-18-21-20-17(16-4-3-7-25-16)22(18)12-5-6-12/h3-4,7-9,12H,5-6,10H2,1-2H3. The summed E-state index contributed by atoms with van der Waals surface area (Å²) in [4.78, 5) is 1.17. The molecule has 1 fully saturated rings. The van der Waals surface area contributed by atoms with Gasteiger partial charge in [0.1, 0.15) is 0 Å². The van der Waals surface area contributed by atoms with Gasteiger partial charge in [-0.15, -0.1) is 21.5 Å². The number of aromatic nitrogens is 3. The molecule has 1 saturated carbocycles. The number of benzene rings is 1. The second-order valence-electron chi connectivity index (χ2n) is 5.97. The quantitative estimate of drug-likeness (QED) is 0.449. The van der Waals surface area contributed by atoms with E-state index in [9.17, 15) is 0 Å². The maximum Gasteiger partial charge on any atom is 0.192 e. The smallest absolute Gasteiger partial charge is 0.192 e. The normalized spacial score (nSPS) is 13.8. The van der Waals surface area contributed by atoms with Crippen LogP contribution in [0, 0.1) is 0 Å². The first-order valence-electron chi connectivity index (χ1n) is 8.23. The molecule has 3 aromatic rings. The number of methoxy groups -OCH3 is 2. The highest BCUT2D eigenvalue weighted by atomic mass is 79.9. The minimum Gasteiger partial charge on any atom is -0.493 e. The first kappa shape index (κ1) is 17.9. The summed E-state index contributed by atoms with van der Waals surface area (Å²) in [6.07, 6.45) is 2.40. The SMILES string of the molecule is COc1cc(Br)c(CSc2nnc(-c3cccs3)n2C2CC2)cc1OC. The van der Waals surface area contributed by atoms with Crippen molar-refractivity contribution in [1.82, 2.24) is 14.8 Å². The van der Waals surface area contributed by atoms with E-state index in [1.165, 1.54) is 17.7 Å². The van der Waals surface area contributed by atoms with Crippen LogP contribution in [0.3, 0.4) is 0 Å². The Labute approximate surface area is 168 Å². The topological polar surface area (TPSA) is 49.2 Å². The fourth-order valence-electron chi connectivity index (χ4n) is 2.76. The summed E-state index contributed by atoms with van der Waals surface area (Å²) < 4.78 is 14.1. The number of rotatable bonds is 7. The van der Waals surface area contributed by atoms with Crippen LogP contribution in [0.25, 0.3) is 10.7 Å². The summed E-state index contributed by atoms with van der Waals surface area (Å²) in [6.45, 7) is 0. The van der Waals surface area contributed by atoms with Crippen LogP contribution in [0.5, 0.6) is 11.5 Å². The zero-order valence-corrected chi connectivity index (χ0v) is 17.7. The van der Waals surface area contributed by atoms with E-state index in [1.807, 2.05) is 12.1 Å². The average Bonchev–Trinajstić information content (AvgIpc) is 3.18. The summed E-state index contributed by atoms with van der Waals surface area (Å²) in [5.41, 5.74) is 1.13. The van der Waals surface area contributed by atoms with Crippen LogP contribution < -0.4 is 9.47 Å². The van der Waals surface area contributed by atoms with Gasteiger partial charge in [-0.25, -0.2) is 0 Å². The lowest BCUT2D eigenvalue weighted by Gasteiger charge is -2.12. The third kappa shape index (κ3) is 3.50. The van der Waals surface area contributed by atoms with Crippen molar-refractivity contribution in [3.05, 3.63) is 39.7 Å². The molecule has 1 aliphatic rings. The first-order chi connectivity index (χ1) is 12.7. The van der Waals surface area contributed by atoms with Gasteiger partial charge >= 0.3 is 0 Å². The van der Waals surface area contributed by atoms with Gasteiger partial charge < -0.3 is 9.47 Å². The molecule has 0 unspecified atom stereocenters. The van der Waals surface area contributed by atoms with Crippen LogP contribution in [0.1, 0.15) is 24.4 Å². The highest BCUT2D eigenvalue weighted by Crippen LogP contribution is 2.43. The van der Waals surface area contributed by atoms with E-state index < -0.39 is 0 Å². The fourth-order valence-corrected chi connectivity index (χ4v) is 5.11. The average molecular weight is 452 g/mol. The molecule has 0 radical (unpaired) electrons. The van der Waals surface area contributed by atoms with Crippen LogP contribution in [0.15, 0.2) is 39.3 Å². The molecule has 0 amide bonds. The van der Waals surface area contributed by atoms with Crippen molar-refractivity contribution in [3.63, 3.8) is 0 Å². The highest BCUT2D eigenvalue weighted by Gasteiger charge is 2.30. The van der Waals surface area contributed by atoms with Crippen LogP contribution >= 0.6 is 39.0 Å². The van der Waals surface area contributed by atoms with Crippen molar-refractivity contribution < 1.29 is 9.47 Å². The van der Waals surface area contributed by atoms with E-state index in [0.717, 1.165) is 32.5 Å². The molecule has 5 nitrogen and oxygen atoms in total. The Hall–Kier alpha value is -1.51. The Balaban J connectivity index is 1.59. The number of thioether (sulfide) groups is 1. The lowest BCUT2D eigenvalue weighted by molar-refractivity contribution is 0.354. The van der Waals surface area contributed by atoms with Gasteiger partial charge in [-0.3, -0.25) is 4.57 Å². The van der Waals surface area contributed by atoms with Gasteiger partial charge in [-0.2, -0.15) is 0 Å². The highest BCUT2D eigenvalue weighted by molar-refractivity contribution is 9.10. The third-order valence-electron chi connectivity index (χ3n) is 4.23. The summed E-state index contributed by atoms with van der Waals surface area (Å²) in [7, 11) is 3.29. The van der Waals surface area contributed by atoms with Crippen molar-refractivity contribution in [2.75, 3.05) is 14.2 Å². The molecule has 4 rings (SSSR count). The van der Waals surface area contributed by atoms with Gasteiger partial charge in [0.05, 0.1) is 19.1 Å². The zero-order chi connectivity index (χ0) is 18.1. The van der Waals surface area contributed by atoms with Gasteiger partial charge in [-0.05, 0) is 42.0 Å². The van der Waals surface area contributed by atoms with Crippen LogP contribution in [-0.2, 0) is 5.75 Å². The number of halogens is 1. The molecule has 0 spiro atoms. The molecule has 0 N–H and O–H groups in total. The number of hydrogen-bond donors (Lipinski definition) is 0. The largest absolute Gasteiger partial charge is 0.493 e. The summed E-state index contributed by atoms with van der Waals surface area (Å²) in [5.74, 6) is 3.20. The Kier molecular flexibility index (Phi) is 5.24. The summed E-state index contributed by atoms with van der Waals surface area (Å²) in [6, 6.07) is 8.64. The molecule has 0 atom stereocenters. The van der Waals surface area contributed by atoms with Gasteiger partial charge in [0.2, 0.25) is 0 Å². The Morgan fingerprint density at radius 2 is 2.00 bits per heavy atom. The van der Waals surface area contributed by atoms with Crippen molar-refractivity contribution in [2.45, 2.75) is 29.8 Å². The number of hydrogen-bond acceptors (Lipinski definition) is 6. The Bertz CT molecular complexity index is 908. The fraction of sp³-hybridized carbons (Fsp3) is 0.333. The lowest BCUT2D eigenvalue weighted by Crippen LogP contribution is -1.99. The molecule has 2 aromatic heterocycles. The van der Waals surface area contributed by atoms with Crippen LogP contribution in [0.2, 0.25) is 0 Å². The molecule has 0 saturated heterocycles. The van der Waals surface area contributed by atoms with E-state index in [0.29, 0.717) is 11.8 Å². The van der Waals surface area contributed by atoms with E-state index in [4.69, 9.17) is 9.47 Å². The molecule has 2 heterocycles. The number of nitrogens with zero attached hydrogens (tertiary/aromatic N) is 3. The van der Waals surface area contributed by atoms with Gasteiger partial charge in [0.25, 0.3) is 0 Å². The maximum absolute atomic E-state index is 5.42. The molecule has 26 heavy (non-hydrogen) atoms. The molecule has 8 heteroatoms. The Morgan fingerprint density at radius 1 is 1.23 bits per heavy atom. The molecule has 1 aromatic carbocycles. The zero-order valence-electron chi connectivity index (χ0n) is 14.4. The predicted molar refractivity (Wildman–Crippen MR) is 108 cm³/mol. The first-order valence-corrected chi connectivity index (χ1v) is 10.9. The van der Waals surface area contributed by atoms with Crippen LogP contribution in [0.4, 0.5) is 0 Å². The summed E-state index contributed by atoms with van der Waals surface area (Å²) >= 11 is 7.04. The summed E-state index contributed by atoms with van der Waals surface area (Å²) in [5, 5.41) is 12.0. The molecule has 0 aliphatic heterocycles. The maximum atomic E-state index is 5.42. The molecule has 136 valence electrons. The third-order valence-corrected chi connectivity index (χ3v) is 6.82. The predicted octanol–water partition coefficient (Wildman–Crippen LogP) is 5.41. The van der Waals surface area contributed by atoms with E-state index >= 15 is 0 Å². The lowest BCUT2D eigenvalue weighted by atomic mass is 10.2. The van der Waals surface area contributed by atoms with Gasteiger partial charge in [0.15, 0.2) is 22.5 Å². The molecule has 1 aliphatic carbocycles. The molecular weight excluding hydrogens is 434 g/mol. The number of ether oxygens (including phenoxy) is 2. The van der Waals surface area contributed by atoms with Crippen molar-refractivity contribution in [3.8, 4) is 22.2 Å². The second-order valence-corrected chi connectivity index (χ2v) is 8.72. The van der Waals surface area contributed by atoms with Crippen molar-refractivity contribution in [2.24, 2.45) is 0 Å². The minimum atomic E-state index is 0.526. The van der Waals surface area contributed by atoms with Crippen LogP contribution in [-0.4, -0.2) is 29.0 Å². The van der Waals surface area contributed by atoms with Gasteiger partial charge in [0, 0.05) is 16.3 Å². The van der Waals surface area contributed by atoms with E-state index in [2.05, 4.69) is 48.2 Å². The van der Waals surface area contributed by atoms with Crippen molar-refractivity contribution in [1.29, 1.82) is 0 Å². The minimum absolute atomic E-state index is 0.526. The number of thiophene rings is 1. The van der Waals surface area contributed by atoms with Gasteiger partial charge in [-0.1, -0.05) is 33.8 Å².